The van der Waals surface area contributed by atoms with Crippen molar-refractivity contribution in [3.63, 3.8) is 0 Å². The van der Waals surface area contributed by atoms with E-state index in [1.54, 1.807) is 12.4 Å². The molecule has 0 aliphatic heterocycles. The molecular weight excluding hydrogens is 286 g/mol. The van der Waals surface area contributed by atoms with Gasteiger partial charge in [0.15, 0.2) is 11.5 Å². The van der Waals surface area contributed by atoms with E-state index in [0.717, 1.165) is 16.4 Å². The summed E-state index contributed by atoms with van der Waals surface area (Å²) in [5.41, 5.74) is 1.19. The first-order valence-electron chi connectivity index (χ1n) is 6.42. The molecule has 3 heterocycles. The summed E-state index contributed by atoms with van der Waals surface area (Å²) >= 11 is 1.35. The quantitative estimate of drug-likeness (QED) is 0.721. The summed E-state index contributed by atoms with van der Waals surface area (Å²) in [6.45, 7) is 6.12. The second-order valence-corrected chi connectivity index (χ2v) is 6.56. The van der Waals surface area contributed by atoms with Crippen molar-refractivity contribution in [3.8, 4) is 0 Å². The Kier molecular flexibility index (Phi) is 3.25. The molecule has 0 fully saturated rings. The second kappa shape index (κ2) is 4.96. The fourth-order valence-corrected chi connectivity index (χ4v) is 2.57. The van der Waals surface area contributed by atoms with Crippen molar-refractivity contribution < 1.29 is 0 Å². The van der Waals surface area contributed by atoms with Crippen LogP contribution in [-0.2, 0) is 5.41 Å². The van der Waals surface area contributed by atoms with Crippen LogP contribution in [0.15, 0.2) is 34.7 Å². The highest BCUT2D eigenvalue weighted by molar-refractivity contribution is 7.99. The maximum atomic E-state index is 6.07. The van der Waals surface area contributed by atoms with E-state index in [0.29, 0.717) is 10.8 Å². The lowest BCUT2D eigenvalue weighted by atomic mass is 9.96. The zero-order valence-corrected chi connectivity index (χ0v) is 12.8. The summed E-state index contributed by atoms with van der Waals surface area (Å²) in [5, 5.41) is 9.63. The molecule has 0 saturated carbocycles. The largest absolute Gasteiger partial charge is 0.336 e. The van der Waals surface area contributed by atoms with Crippen molar-refractivity contribution in [2.75, 3.05) is 5.84 Å². The van der Waals surface area contributed by atoms with E-state index in [4.69, 9.17) is 5.84 Å². The van der Waals surface area contributed by atoms with E-state index < -0.39 is 0 Å². The molecule has 0 aliphatic rings. The van der Waals surface area contributed by atoms with Gasteiger partial charge < -0.3 is 5.84 Å². The Balaban J connectivity index is 1.94. The molecule has 0 aliphatic carbocycles. The van der Waals surface area contributed by atoms with Crippen LogP contribution in [0, 0.1) is 0 Å². The first-order chi connectivity index (χ1) is 9.95. The fraction of sp³-hybridized carbons (Fsp3) is 0.308. The molecule has 0 bridgehead atoms. The molecule has 8 heteroatoms. The minimum absolute atomic E-state index is 0.164. The van der Waals surface area contributed by atoms with Gasteiger partial charge in [-0.25, -0.2) is 14.6 Å². The lowest BCUT2D eigenvalue weighted by Crippen LogP contribution is -2.24. The second-order valence-electron chi connectivity index (χ2n) is 5.58. The molecule has 0 atom stereocenters. The zero-order valence-electron chi connectivity index (χ0n) is 12.0. The number of nitrogens with zero attached hydrogens (tertiary/aromatic N) is 6. The maximum Gasteiger partial charge on any atom is 0.216 e. The van der Waals surface area contributed by atoms with Gasteiger partial charge in [0.1, 0.15) is 10.5 Å². The molecule has 108 valence electrons. The molecule has 3 rings (SSSR count). The first-order valence-corrected chi connectivity index (χ1v) is 7.23. The SMILES string of the molecule is CC(C)(C)c1nnc(Sc2ccc3nccnc3n2)n1N. The van der Waals surface area contributed by atoms with Crippen molar-refractivity contribution in [2.24, 2.45) is 0 Å². The third-order valence-electron chi connectivity index (χ3n) is 2.84. The van der Waals surface area contributed by atoms with E-state index in [1.807, 2.05) is 32.9 Å². The van der Waals surface area contributed by atoms with Crippen molar-refractivity contribution in [1.82, 2.24) is 29.8 Å². The Labute approximate surface area is 126 Å². The van der Waals surface area contributed by atoms with E-state index in [9.17, 15) is 0 Å². The van der Waals surface area contributed by atoms with Crippen LogP contribution in [0.2, 0.25) is 0 Å². The smallest absolute Gasteiger partial charge is 0.216 e. The Hall–Kier alpha value is -2.22. The van der Waals surface area contributed by atoms with E-state index >= 15 is 0 Å². The third kappa shape index (κ3) is 2.66. The highest BCUT2D eigenvalue weighted by atomic mass is 32.2. The van der Waals surface area contributed by atoms with Gasteiger partial charge >= 0.3 is 0 Å². The van der Waals surface area contributed by atoms with Crippen LogP contribution < -0.4 is 5.84 Å². The molecule has 0 amide bonds. The molecule has 7 nitrogen and oxygen atoms in total. The number of nitrogens with two attached hydrogens (primary N) is 1. The van der Waals surface area contributed by atoms with Gasteiger partial charge in [0.25, 0.3) is 0 Å². The first kappa shape index (κ1) is 13.7. The summed E-state index contributed by atoms with van der Waals surface area (Å²) in [5.74, 6) is 6.79. The van der Waals surface area contributed by atoms with Gasteiger partial charge in [-0.15, -0.1) is 10.2 Å². The van der Waals surface area contributed by atoms with Crippen LogP contribution in [0.5, 0.6) is 0 Å². The maximum absolute atomic E-state index is 6.07. The summed E-state index contributed by atoms with van der Waals surface area (Å²) in [4.78, 5) is 12.8. The lowest BCUT2D eigenvalue weighted by molar-refractivity contribution is 0.523. The standard InChI is InChI=1S/C13H15N7S/c1-13(2,3)11-18-19-12(20(11)14)21-9-5-4-8-10(17-9)16-7-6-15-8/h4-7H,14H2,1-3H3. The monoisotopic (exact) mass is 301 g/mol. The number of fused-ring (bicyclic) bond motifs is 1. The number of hydrogen-bond acceptors (Lipinski definition) is 7. The van der Waals surface area contributed by atoms with Crippen molar-refractivity contribution in [1.29, 1.82) is 0 Å². The van der Waals surface area contributed by atoms with Gasteiger partial charge in [0.2, 0.25) is 5.16 Å². The lowest BCUT2D eigenvalue weighted by Gasteiger charge is -2.16. The third-order valence-corrected chi connectivity index (χ3v) is 3.73. The van der Waals surface area contributed by atoms with Crippen molar-refractivity contribution in [2.45, 2.75) is 36.4 Å². The Morgan fingerprint density at radius 1 is 1.10 bits per heavy atom. The molecular formula is C13H15N7S. The van der Waals surface area contributed by atoms with Crippen LogP contribution >= 0.6 is 11.8 Å². The van der Waals surface area contributed by atoms with Crippen LogP contribution in [0.1, 0.15) is 26.6 Å². The molecule has 0 radical (unpaired) electrons. The van der Waals surface area contributed by atoms with Gasteiger partial charge in [-0.05, 0) is 23.9 Å². The van der Waals surface area contributed by atoms with Gasteiger partial charge in [-0.1, -0.05) is 20.8 Å². The van der Waals surface area contributed by atoms with E-state index in [-0.39, 0.29) is 5.41 Å². The summed E-state index contributed by atoms with van der Waals surface area (Å²) in [7, 11) is 0. The topological polar surface area (TPSA) is 95.4 Å². The van der Waals surface area contributed by atoms with Crippen molar-refractivity contribution in [3.05, 3.63) is 30.4 Å². The van der Waals surface area contributed by atoms with Crippen LogP contribution in [0.4, 0.5) is 0 Å². The van der Waals surface area contributed by atoms with Crippen LogP contribution in [0.25, 0.3) is 11.2 Å². The number of hydrogen-bond donors (Lipinski definition) is 1. The molecule has 0 saturated heterocycles. The number of nitrogen functional groups attached to an aromatic ring is 1. The van der Waals surface area contributed by atoms with Crippen molar-refractivity contribution >= 4 is 22.9 Å². The molecule has 21 heavy (non-hydrogen) atoms. The highest BCUT2D eigenvalue weighted by Crippen LogP contribution is 2.27. The molecule has 2 N–H and O–H groups in total. The van der Waals surface area contributed by atoms with E-state index in [1.165, 1.54) is 16.4 Å². The molecule has 3 aromatic rings. The Bertz CT molecular complexity index is 791. The average molecular weight is 301 g/mol. The molecule has 0 aromatic carbocycles. The summed E-state index contributed by atoms with van der Waals surface area (Å²) in [6, 6.07) is 3.74. The Morgan fingerprint density at radius 3 is 2.57 bits per heavy atom. The molecule has 0 spiro atoms. The average Bonchev–Trinajstić information content (AvgIpc) is 2.80. The van der Waals surface area contributed by atoms with Gasteiger partial charge in [-0.3, -0.25) is 4.98 Å². The summed E-state index contributed by atoms with van der Waals surface area (Å²) in [6.07, 6.45) is 3.26. The number of aromatic nitrogens is 6. The fourth-order valence-electron chi connectivity index (χ4n) is 1.85. The summed E-state index contributed by atoms with van der Waals surface area (Å²) < 4.78 is 1.51. The molecule has 3 aromatic heterocycles. The van der Waals surface area contributed by atoms with Gasteiger partial charge in [0, 0.05) is 17.8 Å². The minimum Gasteiger partial charge on any atom is -0.336 e. The predicted molar refractivity (Wildman–Crippen MR) is 80.3 cm³/mol. The number of pyridine rings is 1. The molecule has 0 unspecified atom stereocenters. The highest BCUT2D eigenvalue weighted by Gasteiger charge is 2.23. The van der Waals surface area contributed by atoms with E-state index in [2.05, 4.69) is 25.1 Å². The van der Waals surface area contributed by atoms with Crippen LogP contribution in [-0.4, -0.2) is 29.8 Å². The normalized spacial score (nSPS) is 12.0. The Morgan fingerprint density at radius 2 is 1.86 bits per heavy atom. The van der Waals surface area contributed by atoms with Gasteiger partial charge in [-0.2, -0.15) is 0 Å². The zero-order chi connectivity index (χ0) is 15.0. The number of rotatable bonds is 2. The van der Waals surface area contributed by atoms with Gasteiger partial charge in [0.05, 0.1) is 0 Å². The minimum atomic E-state index is -0.164. The van der Waals surface area contributed by atoms with Crippen LogP contribution in [0.3, 0.4) is 0 Å². The predicted octanol–water partition coefficient (Wildman–Crippen LogP) is 1.78.